The highest BCUT2D eigenvalue weighted by atomic mass is 19.4. The molecular formula is C22H28F6O6. The highest BCUT2D eigenvalue weighted by Gasteiger charge is 2.71. The molecule has 6 nitrogen and oxygen atoms in total. The number of carbonyl (C=O) groups is 3. The summed E-state index contributed by atoms with van der Waals surface area (Å²) in [5.41, 5.74) is -1.18. The summed E-state index contributed by atoms with van der Waals surface area (Å²) in [6.45, 7) is 9.27. The van der Waals surface area contributed by atoms with Crippen molar-refractivity contribution in [2.45, 2.75) is 84.5 Å². The molecule has 1 saturated heterocycles. The van der Waals surface area contributed by atoms with Gasteiger partial charge in [0.15, 0.2) is 0 Å². The minimum atomic E-state index is -5.88. The molecular weight excluding hydrogens is 474 g/mol. The lowest BCUT2D eigenvalue weighted by molar-refractivity contribution is -0.315. The molecule has 0 aromatic carbocycles. The molecule has 3 fully saturated rings. The van der Waals surface area contributed by atoms with Crippen LogP contribution in [0.5, 0.6) is 0 Å². The second-order valence-electron chi connectivity index (χ2n) is 10.9. The van der Waals surface area contributed by atoms with Gasteiger partial charge >= 0.3 is 30.3 Å². The Balaban J connectivity index is 1.84. The van der Waals surface area contributed by atoms with Crippen LogP contribution in [0.2, 0.25) is 0 Å². The van der Waals surface area contributed by atoms with Crippen molar-refractivity contribution in [2.75, 3.05) is 0 Å². The summed E-state index contributed by atoms with van der Waals surface area (Å²) in [4.78, 5) is 38.0. The van der Waals surface area contributed by atoms with Crippen molar-refractivity contribution in [3.8, 4) is 0 Å². The van der Waals surface area contributed by atoms with Crippen molar-refractivity contribution >= 4 is 17.9 Å². The zero-order valence-corrected chi connectivity index (χ0v) is 19.4. The number of fused-ring (bicyclic) bond motifs is 1. The van der Waals surface area contributed by atoms with Gasteiger partial charge in [0.25, 0.3) is 6.10 Å². The molecule has 0 aromatic rings. The van der Waals surface area contributed by atoms with Crippen LogP contribution in [0.3, 0.4) is 0 Å². The van der Waals surface area contributed by atoms with E-state index in [-0.39, 0.29) is 11.8 Å². The Morgan fingerprint density at radius 2 is 1.59 bits per heavy atom. The number of ether oxygens (including phenoxy) is 3. The monoisotopic (exact) mass is 502 g/mol. The van der Waals surface area contributed by atoms with Crippen LogP contribution < -0.4 is 0 Å². The summed E-state index contributed by atoms with van der Waals surface area (Å²) in [7, 11) is 0. The molecule has 1 heterocycles. The maximum atomic E-state index is 13.1. The minimum absolute atomic E-state index is 0.0869. The fraction of sp³-hybridized carbons (Fsp3) is 0.864. The quantitative estimate of drug-likeness (QED) is 0.300. The number of halogens is 6. The van der Waals surface area contributed by atoms with Crippen molar-refractivity contribution in [1.29, 1.82) is 0 Å². The van der Waals surface area contributed by atoms with Gasteiger partial charge in [-0.1, -0.05) is 27.7 Å². The van der Waals surface area contributed by atoms with E-state index in [9.17, 15) is 40.7 Å². The molecule has 0 N–H and O–H groups in total. The van der Waals surface area contributed by atoms with E-state index in [2.05, 4.69) is 4.74 Å². The first-order valence-electron chi connectivity index (χ1n) is 11.1. The van der Waals surface area contributed by atoms with E-state index < -0.39 is 77.7 Å². The van der Waals surface area contributed by atoms with Crippen molar-refractivity contribution in [1.82, 2.24) is 0 Å². The smallest absolute Gasteiger partial charge is 0.434 e. The third-order valence-electron chi connectivity index (χ3n) is 7.08. The van der Waals surface area contributed by atoms with E-state index in [4.69, 9.17) is 9.47 Å². The molecule has 0 amide bonds. The highest BCUT2D eigenvalue weighted by molar-refractivity contribution is 5.86. The molecule has 3 aliphatic rings. The second-order valence-corrected chi connectivity index (χ2v) is 10.9. The molecule has 0 radical (unpaired) electrons. The Bertz CT molecular complexity index is 832. The maximum absolute atomic E-state index is 13.1. The Kier molecular flexibility index (Phi) is 6.48. The molecule has 3 rings (SSSR count). The summed E-state index contributed by atoms with van der Waals surface area (Å²) in [6, 6.07) is 0. The van der Waals surface area contributed by atoms with E-state index in [1.54, 1.807) is 13.8 Å². The van der Waals surface area contributed by atoms with E-state index in [0.717, 1.165) is 0 Å². The van der Waals surface area contributed by atoms with E-state index >= 15 is 0 Å². The average molecular weight is 502 g/mol. The van der Waals surface area contributed by atoms with Crippen molar-refractivity contribution in [3.63, 3.8) is 0 Å². The highest BCUT2D eigenvalue weighted by Crippen LogP contribution is 2.59. The van der Waals surface area contributed by atoms with Crippen molar-refractivity contribution < 1.29 is 54.9 Å². The van der Waals surface area contributed by atoms with Crippen LogP contribution >= 0.6 is 0 Å². The molecule has 194 valence electrons. The van der Waals surface area contributed by atoms with Crippen molar-refractivity contribution in [3.05, 3.63) is 0 Å². The van der Waals surface area contributed by atoms with Crippen LogP contribution in [0.1, 0.15) is 53.9 Å². The lowest BCUT2D eigenvalue weighted by Gasteiger charge is -2.36. The summed E-state index contributed by atoms with van der Waals surface area (Å²) in [5, 5.41) is 0. The van der Waals surface area contributed by atoms with Crippen molar-refractivity contribution in [2.24, 2.45) is 34.5 Å². The molecule has 7 unspecified atom stereocenters. The van der Waals surface area contributed by atoms with Gasteiger partial charge < -0.3 is 14.2 Å². The molecule has 2 aliphatic carbocycles. The van der Waals surface area contributed by atoms with E-state index in [1.165, 1.54) is 0 Å². The van der Waals surface area contributed by atoms with Crippen LogP contribution in [0.25, 0.3) is 0 Å². The standard InChI is InChI=1S/C22H28F6O6/c1-6-20(5,8-19(2,3)4)18(31)33-14-10-7-9-11(15(29)32-13(9)14)12(10)16(30)34-17(21(23,24)25)22(26,27)28/h9-14,17H,6-8H2,1-5H3. The molecule has 7 atom stereocenters. The Hall–Kier alpha value is -2.01. The van der Waals surface area contributed by atoms with E-state index in [0.29, 0.717) is 12.8 Å². The van der Waals surface area contributed by atoms with Gasteiger partial charge in [-0.2, -0.15) is 26.3 Å². The predicted octanol–water partition coefficient (Wildman–Crippen LogP) is 4.59. The molecule has 1 aliphatic heterocycles. The number of rotatable bonds is 6. The van der Waals surface area contributed by atoms with Gasteiger partial charge in [-0.25, -0.2) is 0 Å². The number of carbonyl (C=O) groups excluding carboxylic acids is 3. The summed E-state index contributed by atoms with van der Waals surface area (Å²) < 4.78 is 92.3. The van der Waals surface area contributed by atoms with Gasteiger partial charge in [0.05, 0.1) is 17.3 Å². The predicted molar refractivity (Wildman–Crippen MR) is 103 cm³/mol. The third-order valence-corrected chi connectivity index (χ3v) is 7.08. The molecule has 0 spiro atoms. The average Bonchev–Trinajstić information content (AvgIpc) is 3.26. The third kappa shape index (κ3) is 4.73. The van der Waals surface area contributed by atoms with Gasteiger partial charge in [0.1, 0.15) is 12.2 Å². The Morgan fingerprint density at radius 3 is 2.06 bits per heavy atom. The summed E-state index contributed by atoms with van der Waals surface area (Å²) in [6.07, 6.45) is -17.2. The SMILES string of the molecule is CCC(C)(CC(C)(C)C)C(=O)OC1C2CC3C1OC(=O)C3C2C(=O)OC(C(F)(F)F)C(F)(F)F. The number of alkyl halides is 6. The minimum Gasteiger partial charge on any atom is -0.458 e. The van der Waals surface area contributed by atoms with Crippen LogP contribution in [0.15, 0.2) is 0 Å². The molecule has 34 heavy (non-hydrogen) atoms. The topological polar surface area (TPSA) is 78.9 Å². The molecule has 12 heteroatoms. The van der Waals surface area contributed by atoms with Crippen LogP contribution in [0, 0.1) is 34.5 Å². The van der Waals surface area contributed by atoms with Gasteiger partial charge in [-0.05, 0) is 31.6 Å². The lowest BCUT2D eigenvalue weighted by Crippen LogP contribution is -2.50. The first kappa shape index (κ1) is 26.6. The van der Waals surface area contributed by atoms with Gasteiger partial charge in [0, 0.05) is 11.8 Å². The first-order valence-corrected chi connectivity index (χ1v) is 11.1. The van der Waals surface area contributed by atoms with Crippen LogP contribution in [-0.2, 0) is 28.6 Å². The fourth-order valence-corrected chi connectivity index (χ4v) is 5.76. The maximum Gasteiger partial charge on any atom is 0.434 e. The molecule has 0 aromatic heterocycles. The first-order chi connectivity index (χ1) is 15.3. The largest absolute Gasteiger partial charge is 0.458 e. The van der Waals surface area contributed by atoms with Crippen LogP contribution in [0.4, 0.5) is 26.3 Å². The lowest BCUT2D eigenvalue weighted by atomic mass is 9.73. The number of hydrogen-bond acceptors (Lipinski definition) is 6. The molecule has 2 bridgehead atoms. The summed E-state index contributed by atoms with van der Waals surface area (Å²) >= 11 is 0. The Morgan fingerprint density at radius 1 is 1.03 bits per heavy atom. The normalized spacial score (nSPS) is 32.5. The number of esters is 3. The number of hydrogen-bond donors (Lipinski definition) is 0. The van der Waals surface area contributed by atoms with E-state index in [1.807, 2.05) is 20.8 Å². The molecule has 2 saturated carbocycles. The fourth-order valence-electron chi connectivity index (χ4n) is 5.76. The second kappa shape index (κ2) is 8.29. The zero-order chi connectivity index (χ0) is 26.0. The Labute approximate surface area is 192 Å². The zero-order valence-electron chi connectivity index (χ0n) is 19.4. The van der Waals surface area contributed by atoms with Gasteiger partial charge in [-0.3, -0.25) is 14.4 Å². The van der Waals surface area contributed by atoms with Gasteiger partial charge in [-0.15, -0.1) is 0 Å². The van der Waals surface area contributed by atoms with Gasteiger partial charge in [0.2, 0.25) is 0 Å². The van der Waals surface area contributed by atoms with Crippen LogP contribution in [-0.4, -0.2) is 48.6 Å². The summed E-state index contributed by atoms with van der Waals surface area (Å²) in [5.74, 6) is -7.84.